The number of methoxy groups -OCH3 is 1. The number of hydrogen-bond acceptors (Lipinski definition) is 6. The van der Waals surface area contributed by atoms with Crippen LogP contribution in [-0.4, -0.2) is 65.2 Å². The lowest BCUT2D eigenvalue weighted by Gasteiger charge is -2.27. The third-order valence-electron chi connectivity index (χ3n) is 3.80. The van der Waals surface area contributed by atoms with Gasteiger partial charge in [0.15, 0.2) is 5.82 Å². The molecule has 1 fully saturated rings. The van der Waals surface area contributed by atoms with Crippen LogP contribution < -0.4 is 0 Å². The second-order valence-corrected chi connectivity index (χ2v) is 5.47. The van der Waals surface area contributed by atoms with Gasteiger partial charge in [0, 0.05) is 53.2 Å². The smallest absolute Gasteiger partial charge is 0.223 e. The third kappa shape index (κ3) is 4.50. The summed E-state index contributed by atoms with van der Waals surface area (Å²) in [6.45, 7) is 7.48. The van der Waals surface area contributed by atoms with Crippen LogP contribution in [0.4, 0.5) is 0 Å². The van der Waals surface area contributed by atoms with E-state index < -0.39 is 0 Å². The van der Waals surface area contributed by atoms with Crippen molar-refractivity contribution in [2.24, 2.45) is 0 Å². The first-order valence-corrected chi connectivity index (χ1v) is 7.38. The van der Waals surface area contributed by atoms with Crippen LogP contribution in [0.2, 0.25) is 0 Å². The molecule has 1 aliphatic heterocycles. The largest absolute Gasteiger partial charge is 0.385 e. The van der Waals surface area contributed by atoms with Gasteiger partial charge in [0.2, 0.25) is 11.8 Å². The van der Waals surface area contributed by atoms with E-state index in [4.69, 9.17) is 9.26 Å². The van der Waals surface area contributed by atoms with Gasteiger partial charge in [-0.1, -0.05) is 5.16 Å². The van der Waals surface area contributed by atoms with Crippen LogP contribution in [-0.2, 0) is 16.1 Å². The van der Waals surface area contributed by atoms with Gasteiger partial charge in [0.1, 0.15) is 0 Å². The summed E-state index contributed by atoms with van der Waals surface area (Å²) in [7, 11) is 1.72. The first-order valence-electron chi connectivity index (χ1n) is 7.38. The minimum absolute atomic E-state index is 0.0567. The number of likely N-dealkylation sites (tertiary alicyclic amines) is 1. The molecule has 7 nitrogen and oxygen atoms in total. The van der Waals surface area contributed by atoms with E-state index in [9.17, 15) is 4.79 Å². The van der Waals surface area contributed by atoms with E-state index in [1.807, 2.05) is 4.90 Å². The minimum atomic E-state index is 0.0567. The Bertz CT molecular complexity index is 463. The Morgan fingerprint density at radius 3 is 3.00 bits per heavy atom. The molecule has 0 saturated carbocycles. The maximum Gasteiger partial charge on any atom is 0.223 e. The standard InChI is InChI=1S/C14H24N4O3/c1-11-15-14(16-21-11)10-18(12(2)19)13-5-7-17(9-13)6-4-8-20-3/h13H,4-10H2,1-3H3. The summed E-state index contributed by atoms with van der Waals surface area (Å²) >= 11 is 0. The number of ether oxygens (including phenoxy) is 1. The Morgan fingerprint density at radius 1 is 1.57 bits per heavy atom. The van der Waals surface area contributed by atoms with E-state index in [0.29, 0.717) is 18.3 Å². The van der Waals surface area contributed by atoms with Crippen molar-refractivity contribution in [3.8, 4) is 0 Å². The van der Waals surface area contributed by atoms with Crippen molar-refractivity contribution in [1.29, 1.82) is 0 Å². The Kier molecular flexibility index (Phi) is 5.69. The van der Waals surface area contributed by atoms with E-state index >= 15 is 0 Å². The van der Waals surface area contributed by atoms with Crippen LogP contribution in [0.1, 0.15) is 31.5 Å². The zero-order chi connectivity index (χ0) is 15.2. The first-order chi connectivity index (χ1) is 10.1. The number of nitrogens with zero attached hydrogens (tertiary/aromatic N) is 4. The summed E-state index contributed by atoms with van der Waals surface area (Å²) in [6, 6.07) is 0.226. The molecule has 1 aromatic rings. The van der Waals surface area contributed by atoms with Crippen molar-refractivity contribution in [3.05, 3.63) is 11.7 Å². The zero-order valence-electron chi connectivity index (χ0n) is 13.0. The number of amides is 1. The Balaban J connectivity index is 1.89. The highest BCUT2D eigenvalue weighted by Gasteiger charge is 2.29. The van der Waals surface area contributed by atoms with Gasteiger partial charge < -0.3 is 19.1 Å². The van der Waals surface area contributed by atoms with E-state index in [-0.39, 0.29) is 11.9 Å². The van der Waals surface area contributed by atoms with Crippen molar-refractivity contribution in [3.63, 3.8) is 0 Å². The van der Waals surface area contributed by atoms with Gasteiger partial charge in [-0.2, -0.15) is 4.98 Å². The average Bonchev–Trinajstić information content (AvgIpc) is 3.05. The van der Waals surface area contributed by atoms with Gasteiger partial charge in [-0.05, 0) is 12.8 Å². The normalized spacial score (nSPS) is 19.1. The molecule has 1 aromatic heterocycles. The fraction of sp³-hybridized carbons (Fsp3) is 0.786. The number of rotatable bonds is 7. The van der Waals surface area contributed by atoms with Crippen LogP contribution in [0.25, 0.3) is 0 Å². The van der Waals surface area contributed by atoms with Crippen molar-refractivity contribution in [2.45, 2.75) is 39.3 Å². The van der Waals surface area contributed by atoms with Crippen molar-refractivity contribution in [1.82, 2.24) is 19.9 Å². The molecule has 1 amide bonds. The van der Waals surface area contributed by atoms with Gasteiger partial charge in [-0.25, -0.2) is 0 Å². The van der Waals surface area contributed by atoms with E-state index in [2.05, 4.69) is 15.0 Å². The van der Waals surface area contributed by atoms with Crippen molar-refractivity contribution < 1.29 is 14.1 Å². The monoisotopic (exact) mass is 296 g/mol. The second-order valence-electron chi connectivity index (χ2n) is 5.47. The molecule has 0 N–H and O–H groups in total. The number of hydrogen-bond donors (Lipinski definition) is 0. The van der Waals surface area contributed by atoms with Gasteiger partial charge >= 0.3 is 0 Å². The highest BCUT2D eigenvalue weighted by molar-refractivity contribution is 5.73. The first kappa shape index (κ1) is 15.9. The van der Waals surface area contributed by atoms with E-state index in [1.54, 1.807) is 21.0 Å². The summed E-state index contributed by atoms with van der Waals surface area (Å²) in [5.74, 6) is 1.16. The quantitative estimate of drug-likeness (QED) is 0.694. The van der Waals surface area contributed by atoms with Gasteiger partial charge in [0.25, 0.3) is 0 Å². The summed E-state index contributed by atoms with van der Waals surface area (Å²) in [6.07, 6.45) is 2.01. The second kappa shape index (κ2) is 7.51. The summed E-state index contributed by atoms with van der Waals surface area (Å²) in [5.41, 5.74) is 0. The molecule has 1 aliphatic rings. The van der Waals surface area contributed by atoms with Gasteiger partial charge in [-0.3, -0.25) is 4.79 Å². The Hall–Kier alpha value is -1.47. The highest BCUT2D eigenvalue weighted by Crippen LogP contribution is 2.18. The molecule has 118 valence electrons. The molecule has 0 radical (unpaired) electrons. The molecule has 1 unspecified atom stereocenters. The molecule has 0 bridgehead atoms. The molecule has 7 heteroatoms. The fourth-order valence-corrected chi connectivity index (χ4v) is 2.76. The summed E-state index contributed by atoms with van der Waals surface area (Å²) in [4.78, 5) is 20.3. The van der Waals surface area contributed by atoms with E-state index in [1.165, 1.54) is 0 Å². The lowest BCUT2D eigenvalue weighted by atomic mass is 10.2. The maximum absolute atomic E-state index is 11.9. The molecule has 21 heavy (non-hydrogen) atoms. The third-order valence-corrected chi connectivity index (χ3v) is 3.80. The van der Waals surface area contributed by atoms with Crippen molar-refractivity contribution >= 4 is 5.91 Å². The molecule has 2 heterocycles. The molecule has 0 aromatic carbocycles. The lowest BCUT2D eigenvalue weighted by Crippen LogP contribution is -2.40. The van der Waals surface area contributed by atoms with E-state index in [0.717, 1.165) is 39.1 Å². The summed E-state index contributed by atoms with van der Waals surface area (Å²) in [5, 5.41) is 3.88. The Labute approximate surface area is 125 Å². The predicted molar refractivity (Wildman–Crippen MR) is 76.6 cm³/mol. The summed E-state index contributed by atoms with van der Waals surface area (Å²) < 4.78 is 10.0. The number of aryl methyl sites for hydroxylation is 1. The minimum Gasteiger partial charge on any atom is -0.385 e. The maximum atomic E-state index is 11.9. The van der Waals surface area contributed by atoms with Crippen LogP contribution in [0.5, 0.6) is 0 Å². The molecule has 1 saturated heterocycles. The molecule has 2 rings (SSSR count). The molecule has 0 spiro atoms. The van der Waals surface area contributed by atoms with Crippen LogP contribution in [0, 0.1) is 6.92 Å². The van der Waals surface area contributed by atoms with Crippen LogP contribution >= 0.6 is 0 Å². The predicted octanol–water partition coefficient (Wildman–Crippen LogP) is 0.837. The number of carbonyl (C=O) groups excluding carboxylic acids is 1. The Morgan fingerprint density at radius 2 is 2.38 bits per heavy atom. The molecular formula is C14H24N4O3. The highest BCUT2D eigenvalue weighted by atomic mass is 16.5. The van der Waals surface area contributed by atoms with Gasteiger partial charge in [0.05, 0.1) is 6.54 Å². The zero-order valence-corrected chi connectivity index (χ0v) is 13.0. The number of carbonyl (C=O) groups is 1. The topological polar surface area (TPSA) is 71.7 Å². The molecular weight excluding hydrogens is 272 g/mol. The fourth-order valence-electron chi connectivity index (χ4n) is 2.76. The van der Waals surface area contributed by atoms with Crippen molar-refractivity contribution in [2.75, 3.05) is 33.4 Å². The van der Waals surface area contributed by atoms with Crippen LogP contribution in [0.3, 0.4) is 0 Å². The average molecular weight is 296 g/mol. The molecule has 1 atom stereocenters. The SMILES string of the molecule is COCCCN1CCC(N(Cc2noc(C)n2)C(C)=O)C1. The number of aromatic nitrogens is 2. The lowest BCUT2D eigenvalue weighted by molar-refractivity contribution is -0.131. The van der Waals surface area contributed by atoms with Gasteiger partial charge in [-0.15, -0.1) is 0 Å². The van der Waals surface area contributed by atoms with Crippen LogP contribution in [0.15, 0.2) is 4.52 Å². The molecule has 0 aliphatic carbocycles.